The van der Waals surface area contributed by atoms with Crippen molar-refractivity contribution >= 4 is 5.69 Å². The van der Waals surface area contributed by atoms with E-state index in [1.54, 1.807) is 13.2 Å². The maximum absolute atomic E-state index is 13.1. The minimum atomic E-state index is -0.368. The lowest BCUT2D eigenvalue weighted by molar-refractivity contribution is 0.205. The van der Waals surface area contributed by atoms with Crippen molar-refractivity contribution < 1.29 is 9.13 Å². The Kier molecular flexibility index (Phi) is 3.60. The lowest BCUT2D eigenvalue weighted by Crippen LogP contribution is -2.30. The number of hydrogen-bond acceptors (Lipinski definition) is 3. The molecular weight excluding hydrogens is 219 g/mol. The summed E-state index contributed by atoms with van der Waals surface area (Å²) in [5.74, 6) is -0.368. The fourth-order valence-electron chi connectivity index (χ4n) is 1.92. The highest BCUT2D eigenvalue weighted by Crippen LogP contribution is 2.33. The van der Waals surface area contributed by atoms with Crippen LogP contribution < -0.4 is 4.90 Å². The van der Waals surface area contributed by atoms with Gasteiger partial charge in [0.2, 0.25) is 0 Å². The van der Waals surface area contributed by atoms with Crippen LogP contribution >= 0.6 is 0 Å². The average Bonchev–Trinajstić information content (AvgIpc) is 3.15. The molecule has 0 aromatic heterocycles. The molecule has 2 rings (SSSR count). The average molecular weight is 234 g/mol. The van der Waals surface area contributed by atoms with E-state index in [4.69, 9.17) is 10.00 Å². The number of rotatable bonds is 5. The molecular formula is C13H15FN2O. The molecule has 1 aromatic carbocycles. The van der Waals surface area contributed by atoms with E-state index >= 15 is 0 Å². The summed E-state index contributed by atoms with van der Waals surface area (Å²) in [6.07, 6.45) is 2.26. The smallest absolute Gasteiger partial charge is 0.124 e. The first-order valence-corrected chi connectivity index (χ1v) is 5.71. The molecule has 17 heavy (non-hydrogen) atoms. The van der Waals surface area contributed by atoms with Crippen LogP contribution in [0.1, 0.15) is 18.4 Å². The molecule has 0 heterocycles. The number of benzene rings is 1. The van der Waals surface area contributed by atoms with Crippen molar-refractivity contribution in [1.29, 1.82) is 5.26 Å². The normalized spacial score (nSPS) is 14.4. The quantitative estimate of drug-likeness (QED) is 0.784. The summed E-state index contributed by atoms with van der Waals surface area (Å²) in [4.78, 5) is 2.14. The van der Waals surface area contributed by atoms with E-state index < -0.39 is 0 Å². The van der Waals surface area contributed by atoms with Crippen molar-refractivity contribution in [2.75, 3.05) is 25.2 Å². The van der Waals surface area contributed by atoms with Gasteiger partial charge >= 0.3 is 0 Å². The molecule has 1 aliphatic carbocycles. The standard InChI is InChI=1S/C13H15FN2O/c1-17-7-6-16(12-3-4-12)13-5-2-11(14)8-10(13)9-15/h2,5,8,12H,3-4,6-7H2,1H3. The van der Waals surface area contributed by atoms with Crippen molar-refractivity contribution in [2.45, 2.75) is 18.9 Å². The van der Waals surface area contributed by atoms with E-state index in [0.29, 0.717) is 18.2 Å². The number of ether oxygens (including phenoxy) is 1. The minimum absolute atomic E-state index is 0.368. The highest BCUT2D eigenvalue weighted by atomic mass is 19.1. The molecule has 0 atom stereocenters. The van der Waals surface area contributed by atoms with Gasteiger partial charge in [-0.25, -0.2) is 4.39 Å². The summed E-state index contributed by atoms with van der Waals surface area (Å²) < 4.78 is 18.1. The molecule has 0 bridgehead atoms. The van der Waals surface area contributed by atoms with Gasteiger partial charge < -0.3 is 9.64 Å². The topological polar surface area (TPSA) is 36.3 Å². The Morgan fingerprint density at radius 1 is 1.53 bits per heavy atom. The zero-order chi connectivity index (χ0) is 12.3. The van der Waals surface area contributed by atoms with Crippen molar-refractivity contribution in [3.63, 3.8) is 0 Å². The van der Waals surface area contributed by atoms with Gasteiger partial charge in [-0.15, -0.1) is 0 Å². The summed E-state index contributed by atoms with van der Waals surface area (Å²) in [6.45, 7) is 1.35. The molecule has 0 spiro atoms. The van der Waals surface area contributed by atoms with Gasteiger partial charge in [-0.1, -0.05) is 0 Å². The van der Waals surface area contributed by atoms with Crippen molar-refractivity contribution in [3.8, 4) is 6.07 Å². The largest absolute Gasteiger partial charge is 0.383 e. The highest BCUT2D eigenvalue weighted by Gasteiger charge is 2.30. The zero-order valence-electron chi connectivity index (χ0n) is 9.82. The van der Waals surface area contributed by atoms with Crippen LogP contribution in [0, 0.1) is 17.1 Å². The summed E-state index contributed by atoms with van der Waals surface area (Å²) >= 11 is 0. The Morgan fingerprint density at radius 3 is 2.88 bits per heavy atom. The first kappa shape index (κ1) is 11.9. The second-order valence-corrected chi connectivity index (χ2v) is 4.19. The van der Waals surface area contributed by atoms with Gasteiger partial charge in [0.05, 0.1) is 17.9 Å². The Balaban J connectivity index is 2.25. The van der Waals surface area contributed by atoms with E-state index in [2.05, 4.69) is 11.0 Å². The maximum Gasteiger partial charge on any atom is 0.124 e. The van der Waals surface area contributed by atoms with Gasteiger partial charge in [-0.2, -0.15) is 5.26 Å². The first-order chi connectivity index (χ1) is 8.26. The van der Waals surface area contributed by atoms with Crippen molar-refractivity contribution in [2.24, 2.45) is 0 Å². The summed E-state index contributed by atoms with van der Waals surface area (Å²) in [5, 5.41) is 9.04. The fraction of sp³-hybridized carbons (Fsp3) is 0.462. The van der Waals surface area contributed by atoms with Crippen molar-refractivity contribution in [3.05, 3.63) is 29.6 Å². The Labute approximate surface area is 100 Å². The van der Waals surface area contributed by atoms with E-state index in [0.717, 1.165) is 25.1 Å². The molecule has 0 aliphatic heterocycles. The van der Waals surface area contributed by atoms with Crippen LogP contribution in [-0.4, -0.2) is 26.3 Å². The van der Waals surface area contributed by atoms with E-state index in [1.807, 2.05) is 0 Å². The predicted octanol–water partition coefficient (Wildman–Crippen LogP) is 2.31. The minimum Gasteiger partial charge on any atom is -0.383 e. The summed E-state index contributed by atoms with van der Waals surface area (Å²) in [7, 11) is 1.65. The highest BCUT2D eigenvalue weighted by molar-refractivity contribution is 5.60. The second-order valence-electron chi connectivity index (χ2n) is 4.19. The number of hydrogen-bond donors (Lipinski definition) is 0. The molecule has 0 amide bonds. The molecule has 1 saturated carbocycles. The van der Waals surface area contributed by atoms with Crippen LogP contribution in [0.15, 0.2) is 18.2 Å². The third-order valence-electron chi connectivity index (χ3n) is 2.91. The monoisotopic (exact) mass is 234 g/mol. The van der Waals surface area contributed by atoms with Crippen molar-refractivity contribution in [1.82, 2.24) is 0 Å². The molecule has 0 N–H and O–H groups in total. The lowest BCUT2D eigenvalue weighted by atomic mass is 10.1. The Bertz CT molecular complexity index is 438. The zero-order valence-corrected chi connectivity index (χ0v) is 9.82. The molecule has 4 heteroatoms. The van der Waals surface area contributed by atoms with Gasteiger partial charge in [-0.05, 0) is 31.0 Å². The van der Waals surface area contributed by atoms with E-state index in [-0.39, 0.29) is 5.82 Å². The predicted molar refractivity (Wildman–Crippen MR) is 63.4 cm³/mol. The molecule has 3 nitrogen and oxygen atoms in total. The number of nitrogens with zero attached hydrogens (tertiary/aromatic N) is 2. The van der Waals surface area contributed by atoms with Crippen LogP contribution in [0.4, 0.5) is 10.1 Å². The van der Waals surface area contributed by atoms with Gasteiger partial charge in [-0.3, -0.25) is 0 Å². The molecule has 0 radical (unpaired) electrons. The molecule has 1 aromatic rings. The summed E-state index contributed by atoms with van der Waals surface area (Å²) in [6, 6.07) is 6.90. The lowest BCUT2D eigenvalue weighted by Gasteiger charge is -2.25. The van der Waals surface area contributed by atoms with Gasteiger partial charge in [0.25, 0.3) is 0 Å². The van der Waals surface area contributed by atoms with Crippen LogP contribution in [-0.2, 0) is 4.74 Å². The maximum atomic E-state index is 13.1. The number of anilines is 1. The SMILES string of the molecule is COCCN(c1ccc(F)cc1C#N)C1CC1. The van der Waals surface area contributed by atoms with E-state index in [9.17, 15) is 4.39 Å². The van der Waals surface area contributed by atoms with Gasteiger partial charge in [0.1, 0.15) is 11.9 Å². The summed E-state index contributed by atoms with van der Waals surface area (Å²) in [5.41, 5.74) is 1.21. The van der Waals surface area contributed by atoms with Crippen LogP contribution in [0.25, 0.3) is 0 Å². The molecule has 0 saturated heterocycles. The molecule has 1 aliphatic rings. The van der Waals surface area contributed by atoms with E-state index in [1.165, 1.54) is 12.1 Å². The Morgan fingerprint density at radius 2 is 2.29 bits per heavy atom. The fourth-order valence-corrected chi connectivity index (χ4v) is 1.92. The van der Waals surface area contributed by atoms with Gasteiger partial charge in [0.15, 0.2) is 0 Å². The van der Waals surface area contributed by atoms with Gasteiger partial charge in [0, 0.05) is 19.7 Å². The number of nitriles is 1. The Hall–Kier alpha value is -1.60. The second kappa shape index (κ2) is 5.15. The molecule has 1 fully saturated rings. The third kappa shape index (κ3) is 2.75. The van der Waals surface area contributed by atoms with Crippen LogP contribution in [0.2, 0.25) is 0 Å². The van der Waals surface area contributed by atoms with Crippen LogP contribution in [0.3, 0.4) is 0 Å². The number of methoxy groups -OCH3 is 1. The molecule has 0 unspecified atom stereocenters. The number of halogens is 1. The first-order valence-electron chi connectivity index (χ1n) is 5.71. The van der Waals surface area contributed by atoms with Crippen LogP contribution in [0.5, 0.6) is 0 Å². The third-order valence-corrected chi connectivity index (χ3v) is 2.91. The molecule has 90 valence electrons.